The molecule has 6 heteroatoms. The van der Waals surface area contributed by atoms with Crippen molar-refractivity contribution in [3.63, 3.8) is 0 Å². The van der Waals surface area contributed by atoms with Gasteiger partial charge in [-0.3, -0.25) is 0 Å². The highest BCUT2D eigenvalue weighted by Gasteiger charge is 2.45. The van der Waals surface area contributed by atoms with Gasteiger partial charge in [0, 0.05) is 18.4 Å². The van der Waals surface area contributed by atoms with Crippen LogP contribution in [-0.4, -0.2) is 39.1 Å². The fourth-order valence-electron chi connectivity index (χ4n) is 4.88. The molecule has 0 aromatic heterocycles. The Morgan fingerprint density at radius 2 is 1.81 bits per heavy atom. The normalized spacial score (nSPS) is 24.2. The molecule has 0 saturated carbocycles. The Balaban J connectivity index is 0.00000180. The minimum atomic E-state index is 0. The van der Waals surface area contributed by atoms with Crippen LogP contribution in [0, 0.1) is 0 Å². The van der Waals surface area contributed by atoms with Gasteiger partial charge in [0.25, 0.3) is 0 Å². The summed E-state index contributed by atoms with van der Waals surface area (Å²) in [5.74, 6) is 3.48. The van der Waals surface area contributed by atoms with Crippen molar-refractivity contribution < 1.29 is 23.4 Å². The molecule has 0 saturated heterocycles. The Labute approximate surface area is 165 Å². The molecule has 3 heterocycles. The third kappa shape index (κ3) is 2.64. The van der Waals surface area contributed by atoms with Gasteiger partial charge in [-0.05, 0) is 29.3 Å². The molecule has 3 aliphatic rings. The predicted molar refractivity (Wildman–Crippen MR) is 104 cm³/mol. The molecule has 0 radical (unpaired) electrons. The van der Waals surface area contributed by atoms with E-state index in [0.29, 0.717) is 12.8 Å². The molecule has 2 atom stereocenters. The van der Waals surface area contributed by atoms with Gasteiger partial charge in [0.1, 0.15) is 12.6 Å². The van der Waals surface area contributed by atoms with Crippen LogP contribution in [0.2, 0.25) is 0 Å². The highest BCUT2D eigenvalue weighted by Crippen LogP contribution is 2.49. The Bertz CT molecular complexity index is 900. The van der Waals surface area contributed by atoms with Crippen LogP contribution in [0.3, 0.4) is 0 Å². The molecule has 0 bridgehead atoms. The third-order valence-electron chi connectivity index (χ3n) is 6.32. The van der Waals surface area contributed by atoms with Crippen molar-refractivity contribution in [2.45, 2.75) is 25.4 Å². The Morgan fingerprint density at radius 3 is 2.56 bits per heavy atom. The van der Waals surface area contributed by atoms with Crippen molar-refractivity contribution in [2.24, 2.45) is 0 Å². The van der Waals surface area contributed by atoms with Gasteiger partial charge in [-0.25, -0.2) is 0 Å². The molecule has 27 heavy (non-hydrogen) atoms. The Hall–Kier alpha value is -2.11. The highest BCUT2D eigenvalue weighted by molar-refractivity contribution is 5.85. The van der Waals surface area contributed by atoms with Crippen molar-refractivity contribution >= 4 is 12.4 Å². The van der Waals surface area contributed by atoms with Crippen LogP contribution in [0.4, 0.5) is 0 Å². The summed E-state index contributed by atoms with van der Waals surface area (Å²) >= 11 is 0. The van der Waals surface area contributed by atoms with Gasteiger partial charge in [0.15, 0.2) is 23.0 Å². The number of likely N-dealkylation sites (N-methyl/N-ethyl adjacent to an activating group) is 1. The summed E-state index contributed by atoms with van der Waals surface area (Å²) < 4.78 is 23.5. The minimum absolute atomic E-state index is 0. The zero-order chi connectivity index (χ0) is 17.9. The topological polar surface area (TPSA) is 36.9 Å². The second-order valence-electron chi connectivity index (χ2n) is 7.67. The van der Waals surface area contributed by atoms with Gasteiger partial charge in [-0.15, -0.1) is 12.4 Å². The first-order chi connectivity index (χ1) is 12.6. The van der Waals surface area contributed by atoms with Crippen molar-refractivity contribution in [1.29, 1.82) is 0 Å². The fourth-order valence-corrected chi connectivity index (χ4v) is 4.88. The van der Waals surface area contributed by atoms with Crippen LogP contribution < -0.4 is 18.9 Å². The number of nitrogens with zero attached hydrogens (tertiary/aromatic N) is 1. The van der Waals surface area contributed by atoms with Crippen LogP contribution in [0.1, 0.15) is 28.3 Å². The molecule has 0 aliphatic carbocycles. The van der Waals surface area contributed by atoms with Gasteiger partial charge < -0.3 is 23.4 Å². The number of methoxy groups -OCH3 is 2. The maximum atomic E-state index is 5.72. The van der Waals surface area contributed by atoms with Gasteiger partial charge >= 0.3 is 0 Å². The van der Waals surface area contributed by atoms with Gasteiger partial charge in [-0.1, -0.05) is 6.07 Å². The summed E-state index contributed by atoms with van der Waals surface area (Å²) in [4.78, 5) is 0. The van der Waals surface area contributed by atoms with E-state index in [9.17, 15) is 0 Å². The van der Waals surface area contributed by atoms with Crippen LogP contribution in [0.5, 0.6) is 23.0 Å². The first kappa shape index (κ1) is 18.3. The van der Waals surface area contributed by atoms with Crippen molar-refractivity contribution in [3.8, 4) is 23.0 Å². The summed E-state index contributed by atoms with van der Waals surface area (Å²) in [6.07, 6.45) is 2.05. The monoisotopic (exact) mass is 390 g/mol. The molecule has 5 rings (SSSR count). The molecule has 0 fully saturated rings. The zero-order valence-electron chi connectivity index (χ0n) is 15.9. The summed E-state index contributed by atoms with van der Waals surface area (Å²) in [5, 5.41) is 0. The lowest BCUT2D eigenvalue weighted by atomic mass is 9.81. The average Bonchev–Trinajstić information content (AvgIpc) is 3.11. The SMILES string of the molecule is COc1ccc2c(c1OC)C[N+]1(C)CCc3cc4c(cc3C1C2)OCO4.Cl. The van der Waals surface area contributed by atoms with Crippen LogP contribution >= 0.6 is 12.4 Å². The lowest BCUT2D eigenvalue weighted by Crippen LogP contribution is -2.53. The fraction of sp³-hybridized carbons (Fsp3) is 0.429. The van der Waals surface area contributed by atoms with Crippen LogP contribution in [0.15, 0.2) is 24.3 Å². The lowest BCUT2D eigenvalue weighted by Gasteiger charge is -2.49. The quantitative estimate of drug-likeness (QED) is 0.733. The second-order valence-corrected chi connectivity index (χ2v) is 7.67. The number of halogens is 1. The average molecular weight is 391 g/mol. The molecule has 2 aromatic rings. The standard InChI is InChI=1S/C21H24NO4.ClH/c1-22-7-6-14-9-19-20(26-12-25-19)10-15(14)17(22)8-13-4-5-18(23-2)21(24-3)16(13)11-22;/h4-5,9-10,17H,6-8,11-12H2,1-3H3;1H/q+1;. The first-order valence-electron chi connectivity index (χ1n) is 9.12. The predicted octanol–water partition coefficient (Wildman–Crippen LogP) is 3.65. The third-order valence-corrected chi connectivity index (χ3v) is 6.32. The number of fused-ring (bicyclic) bond motifs is 5. The largest absolute Gasteiger partial charge is 0.493 e. The number of benzene rings is 2. The van der Waals surface area contributed by atoms with Crippen LogP contribution in [0.25, 0.3) is 0 Å². The minimum Gasteiger partial charge on any atom is -0.493 e. The molecular weight excluding hydrogens is 366 g/mol. The van der Waals surface area contributed by atoms with E-state index in [4.69, 9.17) is 18.9 Å². The summed E-state index contributed by atoms with van der Waals surface area (Å²) in [6.45, 7) is 2.39. The molecule has 144 valence electrons. The Kier molecular flexibility index (Phi) is 4.40. The highest BCUT2D eigenvalue weighted by atomic mass is 35.5. The second kappa shape index (κ2) is 6.50. The number of hydrogen-bond acceptors (Lipinski definition) is 4. The number of hydrogen-bond donors (Lipinski definition) is 0. The van der Waals surface area contributed by atoms with E-state index in [-0.39, 0.29) is 12.4 Å². The van der Waals surface area contributed by atoms with E-state index in [1.807, 2.05) is 6.07 Å². The van der Waals surface area contributed by atoms with Crippen molar-refractivity contribution in [2.75, 3.05) is 34.6 Å². The van der Waals surface area contributed by atoms with E-state index in [1.54, 1.807) is 14.2 Å². The van der Waals surface area contributed by atoms with Gasteiger partial charge in [-0.2, -0.15) is 0 Å². The van der Waals surface area contributed by atoms with E-state index >= 15 is 0 Å². The van der Waals surface area contributed by atoms with Crippen molar-refractivity contribution in [3.05, 3.63) is 46.5 Å². The molecule has 0 amide bonds. The Morgan fingerprint density at radius 1 is 1.04 bits per heavy atom. The van der Waals surface area contributed by atoms with Crippen molar-refractivity contribution in [1.82, 2.24) is 0 Å². The number of quaternary nitrogens is 1. The zero-order valence-corrected chi connectivity index (χ0v) is 16.7. The summed E-state index contributed by atoms with van der Waals surface area (Å²) in [5.41, 5.74) is 5.45. The van der Waals surface area contributed by atoms with Gasteiger partial charge in [0.2, 0.25) is 6.79 Å². The van der Waals surface area contributed by atoms with Crippen LogP contribution in [-0.2, 0) is 19.4 Å². The molecule has 3 aliphatic heterocycles. The molecular formula is C21H25ClNO4+. The first-order valence-corrected chi connectivity index (χ1v) is 9.12. The summed E-state index contributed by atoms with van der Waals surface area (Å²) in [6, 6.07) is 9.05. The maximum absolute atomic E-state index is 5.72. The summed E-state index contributed by atoms with van der Waals surface area (Å²) in [7, 11) is 5.79. The molecule has 2 aromatic carbocycles. The molecule has 5 nitrogen and oxygen atoms in total. The maximum Gasteiger partial charge on any atom is 0.231 e. The molecule has 0 N–H and O–H groups in total. The molecule has 2 unspecified atom stereocenters. The van der Waals surface area contributed by atoms with Gasteiger partial charge in [0.05, 0.1) is 33.4 Å². The lowest BCUT2D eigenvalue weighted by molar-refractivity contribution is -0.956. The number of rotatable bonds is 2. The van der Waals surface area contributed by atoms with E-state index in [1.165, 1.54) is 22.3 Å². The van der Waals surface area contributed by atoms with E-state index < -0.39 is 0 Å². The van der Waals surface area contributed by atoms with E-state index in [0.717, 1.165) is 53.4 Å². The smallest absolute Gasteiger partial charge is 0.231 e. The number of ether oxygens (including phenoxy) is 4. The van der Waals surface area contributed by atoms with E-state index in [2.05, 4.69) is 25.2 Å². The molecule has 0 spiro atoms.